The Balaban J connectivity index is 2.78. The van der Waals surface area contributed by atoms with Gasteiger partial charge in [0.15, 0.2) is 0 Å². The van der Waals surface area contributed by atoms with Gasteiger partial charge in [0.2, 0.25) is 17.7 Å². The Hall–Kier alpha value is -3.36. The molecule has 3 amide bonds. The van der Waals surface area contributed by atoms with Gasteiger partial charge in [0.25, 0.3) is 0 Å². The van der Waals surface area contributed by atoms with E-state index >= 15 is 0 Å². The van der Waals surface area contributed by atoms with Crippen molar-refractivity contribution in [1.82, 2.24) is 16.0 Å². The van der Waals surface area contributed by atoms with E-state index in [1.807, 2.05) is 0 Å². The first-order valence-electron chi connectivity index (χ1n) is 9.59. The van der Waals surface area contributed by atoms with E-state index in [4.69, 9.17) is 10.8 Å². The number of benzene rings is 1. The second-order valence-corrected chi connectivity index (χ2v) is 7.33. The molecule has 0 saturated carbocycles. The lowest BCUT2D eigenvalue weighted by molar-refractivity contribution is -0.142. The fourth-order valence-corrected chi connectivity index (χ4v) is 2.82. The Kier molecular flexibility index (Phi) is 11.1. The van der Waals surface area contributed by atoms with Crippen molar-refractivity contribution in [2.24, 2.45) is 5.73 Å². The van der Waals surface area contributed by atoms with Crippen LogP contribution in [0.15, 0.2) is 24.3 Å². The molecule has 1 rings (SSSR count). The zero-order valence-electron chi connectivity index (χ0n) is 17.3. The Morgan fingerprint density at radius 2 is 1.39 bits per heavy atom. The van der Waals surface area contributed by atoms with Crippen molar-refractivity contribution >= 4 is 42.3 Å². The molecule has 0 aliphatic carbocycles. The molecule has 4 unspecified atom stereocenters. The highest BCUT2D eigenvalue weighted by molar-refractivity contribution is 7.80. The smallest absolute Gasteiger partial charge is 0.326 e. The van der Waals surface area contributed by atoms with Crippen LogP contribution in [0.4, 0.5) is 0 Å². The van der Waals surface area contributed by atoms with E-state index in [0.717, 1.165) is 0 Å². The van der Waals surface area contributed by atoms with Crippen molar-refractivity contribution < 1.29 is 44.4 Å². The quantitative estimate of drug-likeness (QED) is 0.130. The fraction of sp³-hybridized carbons (Fsp3) is 0.421. The number of carbonyl (C=O) groups excluding carboxylic acids is 3. The summed E-state index contributed by atoms with van der Waals surface area (Å²) in [5.74, 6) is -5.81. The number of carboxylic acids is 2. The Morgan fingerprint density at radius 3 is 1.88 bits per heavy atom. The summed E-state index contributed by atoms with van der Waals surface area (Å²) in [5, 5.41) is 43.4. The molecule has 1 aromatic carbocycles. The number of aromatic hydroxyl groups is 1. The summed E-state index contributed by atoms with van der Waals surface area (Å²) in [7, 11) is 0. The number of rotatable bonds is 13. The number of phenolic OH excluding ortho intramolecular Hbond substituents is 1. The molecule has 182 valence electrons. The molecule has 14 heteroatoms. The van der Waals surface area contributed by atoms with Crippen LogP contribution >= 0.6 is 12.6 Å². The lowest BCUT2D eigenvalue weighted by atomic mass is 10.1. The second-order valence-electron chi connectivity index (χ2n) is 6.96. The van der Waals surface area contributed by atoms with Crippen LogP contribution in [0.25, 0.3) is 0 Å². The third-order valence-corrected chi connectivity index (χ3v) is 4.72. The summed E-state index contributed by atoms with van der Waals surface area (Å²) in [4.78, 5) is 59.0. The van der Waals surface area contributed by atoms with E-state index in [-0.39, 0.29) is 17.9 Å². The van der Waals surface area contributed by atoms with E-state index in [1.165, 1.54) is 24.3 Å². The van der Waals surface area contributed by atoms with Crippen molar-refractivity contribution in [3.05, 3.63) is 29.8 Å². The topological polar surface area (TPSA) is 228 Å². The van der Waals surface area contributed by atoms with Gasteiger partial charge in [-0.2, -0.15) is 12.6 Å². The van der Waals surface area contributed by atoms with E-state index in [2.05, 4.69) is 28.6 Å². The third-order valence-electron chi connectivity index (χ3n) is 4.35. The maximum absolute atomic E-state index is 12.5. The molecule has 0 bridgehead atoms. The number of hydrogen-bond acceptors (Lipinski definition) is 9. The normalized spacial score (nSPS) is 14.3. The van der Waals surface area contributed by atoms with Crippen molar-refractivity contribution in [2.45, 2.75) is 37.0 Å². The lowest BCUT2D eigenvalue weighted by Gasteiger charge is -2.23. The molecule has 9 N–H and O–H groups in total. The minimum atomic E-state index is -1.55. The summed E-state index contributed by atoms with van der Waals surface area (Å²) < 4.78 is 0. The molecular formula is C19H26N4O9S. The van der Waals surface area contributed by atoms with Gasteiger partial charge in [-0.3, -0.25) is 19.2 Å². The van der Waals surface area contributed by atoms with Gasteiger partial charge < -0.3 is 42.1 Å². The average molecular weight is 487 g/mol. The van der Waals surface area contributed by atoms with Crippen LogP contribution in [0, 0.1) is 0 Å². The predicted octanol–water partition coefficient (Wildman–Crippen LogP) is -2.80. The molecule has 0 heterocycles. The molecule has 13 nitrogen and oxygen atoms in total. The highest BCUT2D eigenvalue weighted by Crippen LogP contribution is 2.11. The summed E-state index contributed by atoms with van der Waals surface area (Å²) >= 11 is 3.93. The van der Waals surface area contributed by atoms with Crippen LogP contribution in [-0.4, -0.2) is 86.6 Å². The first-order chi connectivity index (χ1) is 15.5. The number of aliphatic carboxylic acids is 2. The molecule has 0 radical (unpaired) electrons. The molecule has 0 aromatic heterocycles. The zero-order valence-corrected chi connectivity index (χ0v) is 18.2. The maximum Gasteiger partial charge on any atom is 0.326 e. The highest BCUT2D eigenvalue weighted by atomic mass is 32.1. The number of aliphatic hydroxyl groups excluding tert-OH is 1. The highest BCUT2D eigenvalue weighted by Gasteiger charge is 2.30. The van der Waals surface area contributed by atoms with Crippen molar-refractivity contribution in [2.75, 3.05) is 12.4 Å². The van der Waals surface area contributed by atoms with E-state index in [9.17, 15) is 39.3 Å². The summed E-state index contributed by atoms with van der Waals surface area (Å²) in [6.07, 6.45) is -0.809. The number of thiol groups is 1. The van der Waals surface area contributed by atoms with Crippen molar-refractivity contribution in [3.8, 4) is 5.75 Å². The Bertz CT molecular complexity index is 865. The number of carbonyl (C=O) groups is 5. The third kappa shape index (κ3) is 9.34. The number of aliphatic hydroxyl groups is 1. The van der Waals surface area contributed by atoms with Crippen molar-refractivity contribution in [3.63, 3.8) is 0 Å². The van der Waals surface area contributed by atoms with Crippen LogP contribution in [-0.2, 0) is 30.4 Å². The average Bonchev–Trinajstić information content (AvgIpc) is 2.75. The summed E-state index contributed by atoms with van der Waals surface area (Å²) in [5.41, 5.74) is 5.93. The zero-order chi connectivity index (χ0) is 25.1. The van der Waals surface area contributed by atoms with E-state index < -0.39 is 66.9 Å². The van der Waals surface area contributed by atoms with Crippen LogP contribution in [0.3, 0.4) is 0 Å². The minimum Gasteiger partial charge on any atom is -0.508 e. The fourth-order valence-electron chi connectivity index (χ4n) is 2.56. The number of nitrogens with two attached hydrogens (primary N) is 1. The van der Waals surface area contributed by atoms with E-state index in [0.29, 0.717) is 5.56 Å². The van der Waals surface area contributed by atoms with Gasteiger partial charge in [-0.25, -0.2) is 4.79 Å². The van der Waals surface area contributed by atoms with Crippen molar-refractivity contribution in [1.29, 1.82) is 0 Å². The molecular weight excluding hydrogens is 460 g/mol. The standard InChI is InChI=1S/C19H26N4O9S/c20-11(6-15(26)27)16(28)23-14(8-33)18(30)22-13(7-24)17(29)21-12(19(31)32)5-9-1-3-10(25)4-2-9/h1-4,11-14,24-25,33H,5-8,20H2,(H,21,29)(H,22,30)(H,23,28)(H,26,27)(H,31,32). The molecule has 0 saturated heterocycles. The minimum absolute atomic E-state index is 0.0209. The second kappa shape index (κ2) is 13.2. The SMILES string of the molecule is NC(CC(=O)O)C(=O)NC(CS)C(=O)NC(CO)C(=O)NC(Cc1ccc(O)cc1)C(=O)O. The first kappa shape index (κ1) is 27.7. The number of hydrogen-bond donors (Lipinski definition) is 9. The maximum atomic E-state index is 12.5. The van der Waals surface area contributed by atoms with Gasteiger partial charge >= 0.3 is 11.9 Å². The molecule has 0 fully saturated rings. The molecule has 0 aliphatic rings. The van der Waals surface area contributed by atoms with Crippen LogP contribution < -0.4 is 21.7 Å². The largest absolute Gasteiger partial charge is 0.508 e. The lowest BCUT2D eigenvalue weighted by Crippen LogP contribution is -2.58. The summed E-state index contributed by atoms with van der Waals surface area (Å²) in [6, 6.07) is -0.0494. The van der Waals surface area contributed by atoms with Gasteiger partial charge in [-0.05, 0) is 17.7 Å². The van der Waals surface area contributed by atoms with Gasteiger partial charge in [0, 0.05) is 12.2 Å². The molecule has 33 heavy (non-hydrogen) atoms. The number of carboxylic acid groups (broad SMARTS) is 2. The monoisotopic (exact) mass is 486 g/mol. The Morgan fingerprint density at radius 1 is 0.879 bits per heavy atom. The van der Waals surface area contributed by atoms with E-state index in [1.54, 1.807) is 0 Å². The first-order valence-corrected chi connectivity index (χ1v) is 10.2. The van der Waals surface area contributed by atoms with Gasteiger partial charge in [0.05, 0.1) is 19.1 Å². The number of amides is 3. The predicted molar refractivity (Wildman–Crippen MR) is 116 cm³/mol. The molecule has 1 aromatic rings. The molecule has 4 atom stereocenters. The molecule has 0 aliphatic heterocycles. The Labute approximate surface area is 193 Å². The number of phenols is 1. The van der Waals surface area contributed by atoms with Crippen LogP contribution in [0.2, 0.25) is 0 Å². The van der Waals surface area contributed by atoms with Crippen LogP contribution in [0.5, 0.6) is 5.75 Å². The van der Waals surface area contributed by atoms with Gasteiger partial charge in [-0.15, -0.1) is 0 Å². The van der Waals surface area contributed by atoms with Crippen LogP contribution in [0.1, 0.15) is 12.0 Å². The van der Waals surface area contributed by atoms with Gasteiger partial charge in [-0.1, -0.05) is 12.1 Å². The summed E-state index contributed by atoms with van der Waals surface area (Å²) in [6.45, 7) is -0.880. The number of nitrogens with one attached hydrogen (secondary N) is 3. The molecule has 0 spiro atoms. The van der Waals surface area contributed by atoms with Gasteiger partial charge in [0.1, 0.15) is 23.9 Å².